The molecular weight excluding hydrogens is 528 g/mol. The summed E-state index contributed by atoms with van der Waals surface area (Å²) in [5.41, 5.74) is 1.78. The van der Waals surface area contributed by atoms with Crippen LogP contribution in [0, 0.1) is 23.3 Å². The van der Waals surface area contributed by atoms with Gasteiger partial charge in [-0.2, -0.15) is 0 Å². The number of aromatic amines is 2. The number of H-pyrrole nitrogens is 2. The van der Waals surface area contributed by atoms with Gasteiger partial charge in [0, 0.05) is 36.6 Å². The third kappa shape index (κ3) is 6.93. The summed E-state index contributed by atoms with van der Waals surface area (Å²) in [6.07, 6.45) is 2.38. The van der Waals surface area contributed by atoms with Crippen molar-refractivity contribution in [2.24, 2.45) is 0 Å². The van der Waals surface area contributed by atoms with E-state index in [0.717, 1.165) is 36.4 Å². The van der Waals surface area contributed by atoms with Crippen LogP contribution in [0.15, 0.2) is 36.4 Å². The minimum Gasteiger partial charge on any atom is -0.347 e. The van der Waals surface area contributed by atoms with Crippen LogP contribution in [0.5, 0.6) is 0 Å². The molecule has 0 spiro atoms. The first kappa shape index (κ1) is 28.5. The SMILES string of the molecule is CCCc1[nH]c(-c2nc(C(=O)NCc3cc(F)cc(F)c3)c(CCC)[nH]2)nc1C(=O)NCc1cc(F)cc(F)c1. The Bertz CT molecular complexity index is 1380. The molecule has 2 aromatic heterocycles. The maximum absolute atomic E-state index is 13.5. The van der Waals surface area contributed by atoms with E-state index in [9.17, 15) is 27.2 Å². The second kappa shape index (κ2) is 12.6. The molecular formula is C28H28F4N6O2. The molecule has 8 nitrogen and oxygen atoms in total. The fourth-order valence-corrected chi connectivity index (χ4v) is 4.24. The first-order chi connectivity index (χ1) is 19.2. The number of halogens is 4. The molecule has 4 rings (SSSR count). The van der Waals surface area contributed by atoms with Crippen molar-refractivity contribution in [2.75, 3.05) is 0 Å². The van der Waals surface area contributed by atoms with E-state index >= 15 is 0 Å². The van der Waals surface area contributed by atoms with Crippen molar-refractivity contribution in [1.29, 1.82) is 0 Å². The number of amides is 2. The van der Waals surface area contributed by atoms with E-state index in [-0.39, 0.29) is 47.3 Å². The Balaban J connectivity index is 1.55. The zero-order chi connectivity index (χ0) is 28.8. The molecule has 2 heterocycles. The van der Waals surface area contributed by atoms with Gasteiger partial charge in [0.1, 0.15) is 34.7 Å². The third-order valence-electron chi connectivity index (χ3n) is 5.96. The quantitative estimate of drug-likeness (QED) is 0.192. The third-order valence-corrected chi connectivity index (χ3v) is 5.96. The van der Waals surface area contributed by atoms with Crippen molar-refractivity contribution in [2.45, 2.75) is 52.6 Å². The second-order valence-corrected chi connectivity index (χ2v) is 9.25. The minimum atomic E-state index is -0.749. The number of hydrogen-bond acceptors (Lipinski definition) is 4. The van der Waals surface area contributed by atoms with Crippen LogP contribution in [0.1, 0.15) is 70.2 Å². The van der Waals surface area contributed by atoms with Crippen LogP contribution >= 0.6 is 0 Å². The van der Waals surface area contributed by atoms with Crippen molar-refractivity contribution in [1.82, 2.24) is 30.6 Å². The van der Waals surface area contributed by atoms with Crippen molar-refractivity contribution in [3.63, 3.8) is 0 Å². The van der Waals surface area contributed by atoms with Crippen LogP contribution in [0.4, 0.5) is 17.6 Å². The van der Waals surface area contributed by atoms with Crippen LogP contribution in [-0.4, -0.2) is 31.8 Å². The first-order valence-electron chi connectivity index (χ1n) is 12.8. The van der Waals surface area contributed by atoms with E-state index in [4.69, 9.17) is 0 Å². The zero-order valence-electron chi connectivity index (χ0n) is 21.9. The molecule has 0 bridgehead atoms. The molecule has 0 saturated carbocycles. The lowest BCUT2D eigenvalue weighted by atomic mass is 10.2. The van der Waals surface area contributed by atoms with Crippen LogP contribution < -0.4 is 10.6 Å². The maximum Gasteiger partial charge on any atom is 0.272 e. The number of imidazole rings is 2. The lowest BCUT2D eigenvalue weighted by Crippen LogP contribution is -2.24. The molecule has 0 atom stereocenters. The Morgan fingerprint density at radius 2 is 1.00 bits per heavy atom. The largest absolute Gasteiger partial charge is 0.347 e. The number of benzene rings is 2. The molecule has 2 amide bonds. The molecule has 12 heteroatoms. The predicted octanol–water partition coefficient (Wildman–Crippen LogP) is 5.12. The Morgan fingerprint density at radius 1 is 0.650 bits per heavy atom. The summed E-state index contributed by atoms with van der Waals surface area (Å²) in [7, 11) is 0. The monoisotopic (exact) mass is 556 g/mol. The lowest BCUT2D eigenvalue weighted by Gasteiger charge is -2.05. The van der Waals surface area contributed by atoms with Crippen molar-refractivity contribution in [3.05, 3.63) is 93.6 Å². The molecule has 0 aliphatic heterocycles. The summed E-state index contributed by atoms with van der Waals surface area (Å²) < 4.78 is 54.0. The maximum atomic E-state index is 13.5. The normalized spacial score (nSPS) is 11.1. The van der Waals surface area contributed by atoms with E-state index < -0.39 is 35.1 Å². The molecule has 0 unspecified atom stereocenters. The van der Waals surface area contributed by atoms with Crippen molar-refractivity contribution in [3.8, 4) is 11.6 Å². The number of hydrogen-bond donors (Lipinski definition) is 4. The molecule has 0 radical (unpaired) electrons. The smallest absolute Gasteiger partial charge is 0.272 e. The fourth-order valence-electron chi connectivity index (χ4n) is 4.24. The summed E-state index contributed by atoms with van der Waals surface area (Å²) in [6.45, 7) is 3.64. The average Bonchev–Trinajstić information content (AvgIpc) is 3.50. The summed E-state index contributed by atoms with van der Waals surface area (Å²) in [5.74, 6) is -3.62. The lowest BCUT2D eigenvalue weighted by molar-refractivity contribution is 0.0937. The summed E-state index contributed by atoms with van der Waals surface area (Å²) in [4.78, 5) is 40.9. The zero-order valence-corrected chi connectivity index (χ0v) is 21.9. The van der Waals surface area contributed by atoms with Crippen LogP contribution in [0.25, 0.3) is 11.6 Å². The van der Waals surface area contributed by atoms with Crippen molar-refractivity contribution < 1.29 is 27.2 Å². The second-order valence-electron chi connectivity index (χ2n) is 9.25. The van der Waals surface area contributed by atoms with E-state index in [1.165, 1.54) is 0 Å². The number of carbonyl (C=O) groups is 2. The highest BCUT2D eigenvalue weighted by Crippen LogP contribution is 2.21. The van der Waals surface area contributed by atoms with Gasteiger partial charge in [-0.1, -0.05) is 26.7 Å². The number of aromatic nitrogens is 4. The molecule has 0 fully saturated rings. The Kier molecular flexibility index (Phi) is 8.97. The highest BCUT2D eigenvalue weighted by Gasteiger charge is 2.23. The van der Waals surface area contributed by atoms with Gasteiger partial charge in [0.25, 0.3) is 11.8 Å². The molecule has 40 heavy (non-hydrogen) atoms. The molecule has 0 saturated heterocycles. The van der Waals surface area contributed by atoms with Gasteiger partial charge in [-0.3, -0.25) is 9.59 Å². The molecule has 4 aromatic rings. The Labute approximate surface area is 227 Å². The van der Waals surface area contributed by atoms with Gasteiger partial charge < -0.3 is 20.6 Å². The number of rotatable bonds is 11. The van der Waals surface area contributed by atoms with Gasteiger partial charge in [0.15, 0.2) is 11.6 Å². The number of nitrogens with zero attached hydrogens (tertiary/aromatic N) is 2. The molecule has 0 aliphatic rings. The van der Waals surface area contributed by atoms with Gasteiger partial charge >= 0.3 is 0 Å². The van der Waals surface area contributed by atoms with Crippen molar-refractivity contribution >= 4 is 11.8 Å². The van der Waals surface area contributed by atoms with Gasteiger partial charge in [0.05, 0.1) is 0 Å². The molecule has 4 N–H and O–H groups in total. The van der Waals surface area contributed by atoms with E-state index in [2.05, 4.69) is 30.6 Å². The van der Waals surface area contributed by atoms with Gasteiger partial charge in [-0.25, -0.2) is 27.5 Å². The van der Waals surface area contributed by atoms with E-state index in [1.54, 1.807) is 0 Å². The van der Waals surface area contributed by atoms with E-state index in [0.29, 0.717) is 37.1 Å². The van der Waals surface area contributed by atoms with Gasteiger partial charge in [0.2, 0.25) is 0 Å². The number of nitrogens with one attached hydrogen (secondary N) is 4. The standard InChI is InChI=1S/C28H28F4N6O2/c1-3-5-21-23(27(39)33-13-15-7-17(29)11-18(30)8-15)37-25(35-21)26-36-22(6-4-2)24(38-26)28(40)34-14-16-9-19(31)12-20(32)10-16/h7-12H,3-6,13-14H2,1-2H3,(H,33,39)(H,34,40)(H,35,37)(H,36,38). The summed E-state index contributed by atoms with van der Waals surface area (Å²) in [6, 6.07) is 6.00. The number of aryl methyl sites for hydroxylation is 2. The van der Waals surface area contributed by atoms with Gasteiger partial charge in [-0.15, -0.1) is 0 Å². The first-order valence-corrected chi connectivity index (χ1v) is 12.8. The minimum absolute atomic E-state index is 0.0984. The van der Waals surface area contributed by atoms with Crippen LogP contribution in [0.3, 0.4) is 0 Å². The Morgan fingerprint density at radius 3 is 1.32 bits per heavy atom. The average molecular weight is 557 g/mol. The molecule has 2 aromatic carbocycles. The fraction of sp³-hybridized carbons (Fsp3) is 0.286. The number of carbonyl (C=O) groups excluding carboxylic acids is 2. The highest BCUT2D eigenvalue weighted by molar-refractivity contribution is 5.95. The summed E-state index contributed by atoms with van der Waals surface area (Å²) in [5, 5.41) is 5.25. The van der Waals surface area contributed by atoms with Gasteiger partial charge in [-0.05, 0) is 48.2 Å². The molecule has 0 aliphatic carbocycles. The predicted molar refractivity (Wildman–Crippen MR) is 139 cm³/mol. The topological polar surface area (TPSA) is 116 Å². The Hall–Kier alpha value is -4.48. The van der Waals surface area contributed by atoms with Crippen LogP contribution in [0.2, 0.25) is 0 Å². The van der Waals surface area contributed by atoms with E-state index in [1.807, 2.05) is 13.8 Å². The highest BCUT2D eigenvalue weighted by atomic mass is 19.1. The molecule has 210 valence electrons. The van der Waals surface area contributed by atoms with Crippen LogP contribution in [-0.2, 0) is 25.9 Å². The summed E-state index contributed by atoms with van der Waals surface area (Å²) >= 11 is 0.